The summed E-state index contributed by atoms with van der Waals surface area (Å²) in [6, 6.07) is 17.2. The largest absolute Gasteiger partial charge is 0.366 e. The zero-order valence-corrected chi connectivity index (χ0v) is 13.8. The predicted molar refractivity (Wildman–Crippen MR) is 97.1 cm³/mol. The van der Waals surface area contributed by atoms with Crippen LogP contribution in [0.2, 0.25) is 0 Å². The highest BCUT2D eigenvalue weighted by atomic mass is 19.1. The van der Waals surface area contributed by atoms with Crippen LogP contribution in [0.25, 0.3) is 0 Å². The van der Waals surface area contributed by atoms with Crippen molar-refractivity contribution in [1.29, 1.82) is 0 Å². The molecule has 0 spiro atoms. The van der Waals surface area contributed by atoms with Gasteiger partial charge < -0.3 is 10.6 Å². The van der Waals surface area contributed by atoms with Crippen LogP contribution in [0.3, 0.4) is 0 Å². The third kappa shape index (κ3) is 4.41. The fourth-order valence-corrected chi connectivity index (χ4v) is 2.40. The summed E-state index contributed by atoms with van der Waals surface area (Å²) in [6.07, 6.45) is 1.57. The molecule has 3 rings (SSSR count). The molecule has 1 heterocycles. The number of rotatable bonds is 5. The Kier molecular flexibility index (Phi) is 5.04. The van der Waals surface area contributed by atoms with Gasteiger partial charge in [-0.05, 0) is 48.4 Å². The van der Waals surface area contributed by atoms with Crippen molar-refractivity contribution in [1.82, 2.24) is 4.98 Å². The molecular weight excluding hydrogens is 317 g/mol. The number of hydrogen-bond donors (Lipinski definition) is 2. The van der Waals surface area contributed by atoms with Crippen molar-refractivity contribution in [3.05, 3.63) is 89.4 Å². The van der Waals surface area contributed by atoms with E-state index in [1.54, 1.807) is 24.4 Å². The summed E-state index contributed by atoms with van der Waals surface area (Å²) >= 11 is 0. The van der Waals surface area contributed by atoms with E-state index in [1.807, 2.05) is 12.1 Å². The number of aryl methyl sites for hydroxylation is 1. The number of nitrogens with zero attached hydrogens (tertiary/aromatic N) is 1. The molecule has 0 saturated heterocycles. The van der Waals surface area contributed by atoms with Gasteiger partial charge >= 0.3 is 0 Å². The average molecular weight is 335 g/mol. The maximum absolute atomic E-state index is 13.2. The Balaban J connectivity index is 1.60. The van der Waals surface area contributed by atoms with Crippen molar-refractivity contribution in [3.8, 4) is 0 Å². The molecule has 25 heavy (non-hydrogen) atoms. The number of benzene rings is 2. The second-order valence-electron chi connectivity index (χ2n) is 5.68. The molecule has 2 N–H and O–H groups in total. The number of pyridine rings is 1. The lowest BCUT2D eigenvalue weighted by Gasteiger charge is -2.09. The van der Waals surface area contributed by atoms with Gasteiger partial charge in [0.1, 0.15) is 11.6 Å². The first-order valence-corrected chi connectivity index (χ1v) is 7.93. The van der Waals surface area contributed by atoms with Crippen LogP contribution in [0.4, 0.5) is 15.9 Å². The van der Waals surface area contributed by atoms with Gasteiger partial charge in [0.2, 0.25) is 0 Å². The monoisotopic (exact) mass is 335 g/mol. The molecule has 0 aliphatic rings. The maximum Gasteiger partial charge on any atom is 0.255 e. The number of halogens is 1. The van der Waals surface area contributed by atoms with Crippen LogP contribution in [0.1, 0.15) is 21.5 Å². The Morgan fingerprint density at radius 3 is 2.64 bits per heavy atom. The Bertz CT molecular complexity index is 878. The molecule has 0 saturated carbocycles. The molecule has 0 bridgehead atoms. The van der Waals surface area contributed by atoms with Gasteiger partial charge in [-0.25, -0.2) is 9.37 Å². The smallest absolute Gasteiger partial charge is 0.255 e. The van der Waals surface area contributed by atoms with Gasteiger partial charge in [-0.3, -0.25) is 4.79 Å². The van der Waals surface area contributed by atoms with Crippen molar-refractivity contribution in [3.63, 3.8) is 0 Å². The van der Waals surface area contributed by atoms with Crippen LogP contribution < -0.4 is 10.6 Å². The van der Waals surface area contributed by atoms with Crippen LogP contribution in [0.15, 0.2) is 66.9 Å². The Labute approximate surface area is 145 Å². The Morgan fingerprint density at radius 2 is 1.92 bits per heavy atom. The highest BCUT2D eigenvalue weighted by molar-refractivity contribution is 6.04. The topological polar surface area (TPSA) is 54.0 Å². The minimum absolute atomic E-state index is 0.266. The molecule has 1 aromatic heterocycles. The molecule has 0 atom stereocenters. The average Bonchev–Trinajstić information content (AvgIpc) is 2.62. The molecule has 4 nitrogen and oxygen atoms in total. The number of amides is 1. The standard InChI is InChI=1S/C20H18FN3O/c1-14-5-2-3-6-16(14)12-22-19-10-9-18(13-23-19)24-20(25)15-7-4-8-17(21)11-15/h2-11,13H,12H2,1H3,(H,22,23)(H,24,25). The van der Waals surface area contributed by atoms with E-state index in [0.717, 1.165) is 0 Å². The van der Waals surface area contributed by atoms with Gasteiger partial charge in [0, 0.05) is 12.1 Å². The first kappa shape index (κ1) is 16.6. The summed E-state index contributed by atoms with van der Waals surface area (Å²) in [5, 5.41) is 5.95. The van der Waals surface area contributed by atoms with Gasteiger partial charge in [0.25, 0.3) is 5.91 Å². The second kappa shape index (κ2) is 7.57. The van der Waals surface area contributed by atoms with Gasteiger partial charge in [-0.15, -0.1) is 0 Å². The van der Waals surface area contributed by atoms with E-state index in [2.05, 4.69) is 34.7 Å². The molecule has 0 aliphatic carbocycles. The Morgan fingerprint density at radius 1 is 1.08 bits per heavy atom. The van der Waals surface area contributed by atoms with Crippen molar-refractivity contribution in [2.24, 2.45) is 0 Å². The van der Waals surface area contributed by atoms with Crippen LogP contribution in [-0.4, -0.2) is 10.9 Å². The zero-order chi connectivity index (χ0) is 17.6. The number of hydrogen-bond acceptors (Lipinski definition) is 3. The van der Waals surface area contributed by atoms with Crippen molar-refractivity contribution in [2.45, 2.75) is 13.5 Å². The molecular formula is C20H18FN3O. The molecule has 3 aromatic rings. The van der Waals surface area contributed by atoms with Crippen LogP contribution in [-0.2, 0) is 6.54 Å². The summed E-state index contributed by atoms with van der Waals surface area (Å²) in [5.41, 5.74) is 3.24. The summed E-state index contributed by atoms with van der Waals surface area (Å²) in [6.45, 7) is 2.74. The molecule has 1 amide bonds. The first-order valence-electron chi connectivity index (χ1n) is 7.93. The zero-order valence-electron chi connectivity index (χ0n) is 13.8. The Hall–Kier alpha value is -3.21. The van der Waals surface area contributed by atoms with Gasteiger partial charge in [0.15, 0.2) is 0 Å². The lowest BCUT2D eigenvalue weighted by atomic mass is 10.1. The lowest BCUT2D eigenvalue weighted by molar-refractivity contribution is 0.102. The van der Waals surface area contributed by atoms with Crippen molar-refractivity contribution < 1.29 is 9.18 Å². The molecule has 126 valence electrons. The summed E-state index contributed by atoms with van der Waals surface area (Å²) in [4.78, 5) is 16.4. The SMILES string of the molecule is Cc1ccccc1CNc1ccc(NC(=O)c2cccc(F)c2)cn1. The van der Waals surface area contributed by atoms with Crippen molar-refractivity contribution in [2.75, 3.05) is 10.6 Å². The van der Waals surface area contributed by atoms with Gasteiger partial charge in [-0.2, -0.15) is 0 Å². The first-order chi connectivity index (χ1) is 12.1. The molecule has 0 radical (unpaired) electrons. The molecule has 2 aromatic carbocycles. The summed E-state index contributed by atoms with van der Waals surface area (Å²) in [7, 11) is 0. The van der Waals surface area contributed by atoms with E-state index in [0.29, 0.717) is 18.1 Å². The predicted octanol–water partition coefficient (Wildman–Crippen LogP) is 4.39. The van der Waals surface area contributed by atoms with Crippen LogP contribution in [0, 0.1) is 12.7 Å². The normalized spacial score (nSPS) is 10.3. The van der Waals surface area contributed by atoms with E-state index < -0.39 is 5.82 Å². The highest BCUT2D eigenvalue weighted by Gasteiger charge is 2.07. The van der Waals surface area contributed by atoms with E-state index in [-0.39, 0.29) is 11.5 Å². The van der Waals surface area contributed by atoms with E-state index in [9.17, 15) is 9.18 Å². The lowest BCUT2D eigenvalue weighted by Crippen LogP contribution is -2.12. The highest BCUT2D eigenvalue weighted by Crippen LogP contribution is 2.14. The van der Waals surface area contributed by atoms with Gasteiger partial charge in [0.05, 0.1) is 11.9 Å². The van der Waals surface area contributed by atoms with Crippen LogP contribution >= 0.6 is 0 Å². The minimum Gasteiger partial charge on any atom is -0.366 e. The number of aromatic nitrogens is 1. The second-order valence-corrected chi connectivity index (χ2v) is 5.68. The molecule has 0 unspecified atom stereocenters. The quantitative estimate of drug-likeness (QED) is 0.727. The summed E-state index contributed by atoms with van der Waals surface area (Å²) < 4.78 is 13.2. The third-order valence-corrected chi connectivity index (χ3v) is 3.83. The van der Waals surface area contributed by atoms with E-state index in [4.69, 9.17) is 0 Å². The maximum atomic E-state index is 13.2. The van der Waals surface area contributed by atoms with E-state index in [1.165, 1.54) is 29.3 Å². The third-order valence-electron chi connectivity index (χ3n) is 3.83. The fraction of sp³-hybridized carbons (Fsp3) is 0.100. The minimum atomic E-state index is -0.443. The molecule has 0 aliphatic heterocycles. The number of carbonyl (C=O) groups excluding carboxylic acids is 1. The van der Waals surface area contributed by atoms with Crippen LogP contribution in [0.5, 0.6) is 0 Å². The molecule has 5 heteroatoms. The number of anilines is 2. The number of nitrogens with one attached hydrogen (secondary N) is 2. The van der Waals surface area contributed by atoms with E-state index >= 15 is 0 Å². The van der Waals surface area contributed by atoms with Crippen molar-refractivity contribution >= 4 is 17.4 Å². The van der Waals surface area contributed by atoms with Gasteiger partial charge in [-0.1, -0.05) is 30.3 Å². The fourth-order valence-electron chi connectivity index (χ4n) is 2.40. The number of carbonyl (C=O) groups is 1. The molecule has 0 fully saturated rings. The summed E-state index contributed by atoms with van der Waals surface area (Å²) in [5.74, 6) is -0.101.